The molecule has 3 atom stereocenters. The molecule has 7 nitrogen and oxygen atoms in total. The third-order valence-corrected chi connectivity index (χ3v) is 8.49. The Morgan fingerprint density at radius 2 is 1.31 bits per heavy atom. The van der Waals surface area contributed by atoms with Crippen LogP contribution in [0, 0.1) is 12.0 Å². The number of aliphatic carboxylic acids is 1. The Morgan fingerprint density at radius 1 is 0.833 bits per heavy atom. The van der Waals surface area contributed by atoms with E-state index in [4.69, 9.17) is 5.11 Å². The maximum atomic E-state index is 11.1. The summed E-state index contributed by atoms with van der Waals surface area (Å²) in [6, 6.07) is 3.18. The van der Waals surface area contributed by atoms with E-state index in [1.54, 1.807) is 0 Å². The number of aliphatic hydroxyl groups excluding tert-OH is 1. The molecule has 0 radical (unpaired) electrons. The number of nitrogens with one attached hydrogen (secondary N) is 2. The number of carboxylic acids is 1. The summed E-state index contributed by atoms with van der Waals surface area (Å²) in [5, 5.41) is 26.3. The smallest absolute Gasteiger partial charge is 0.369 e. The summed E-state index contributed by atoms with van der Waals surface area (Å²) >= 11 is 0. The lowest BCUT2D eigenvalue weighted by molar-refractivity contribution is -0.518. The van der Waals surface area contributed by atoms with Crippen LogP contribution in [0.3, 0.4) is 0 Å². The lowest BCUT2D eigenvalue weighted by Crippen LogP contribution is -2.53. The van der Waals surface area contributed by atoms with Crippen LogP contribution in [-0.4, -0.2) is 69.6 Å². The van der Waals surface area contributed by atoms with Crippen molar-refractivity contribution in [2.75, 3.05) is 19.6 Å². The highest BCUT2D eigenvalue weighted by Crippen LogP contribution is 2.15. The molecule has 1 aliphatic rings. The summed E-state index contributed by atoms with van der Waals surface area (Å²) in [6.45, 7) is 9.70. The average Bonchev–Trinajstić information content (AvgIpc) is 2.93. The number of carbonyl (C=O) groups is 1. The first-order valence-corrected chi connectivity index (χ1v) is 17.6. The highest BCUT2D eigenvalue weighted by molar-refractivity contribution is 5.94. The molecule has 0 aliphatic carbocycles. The first-order chi connectivity index (χ1) is 20.3. The number of hydrogen-bond acceptors (Lipinski definition) is 5. The van der Waals surface area contributed by atoms with Crippen molar-refractivity contribution >= 4 is 11.7 Å². The van der Waals surface area contributed by atoms with Gasteiger partial charge in [-0.3, -0.25) is 10.6 Å². The van der Waals surface area contributed by atoms with Crippen LogP contribution in [0.4, 0.5) is 0 Å². The zero-order valence-corrected chi connectivity index (χ0v) is 27.9. The zero-order valence-electron chi connectivity index (χ0n) is 27.9. The molecule has 244 valence electrons. The minimum Gasteiger partial charge on any atom is -0.477 e. The largest absolute Gasteiger partial charge is 0.477 e. The van der Waals surface area contributed by atoms with E-state index in [2.05, 4.69) is 41.3 Å². The Bertz CT molecular complexity index is 776. The summed E-state index contributed by atoms with van der Waals surface area (Å²) in [7, 11) is 0. The maximum Gasteiger partial charge on any atom is 0.369 e. The number of unbranched alkanes of at least 4 members (excludes halogenated alkanes) is 18. The molecular formula is C35H67N4O3+. The van der Waals surface area contributed by atoms with Crippen LogP contribution in [0.5, 0.6) is 0 Å². The van der Waals surface area contributed by atoms with E-state index in [9.17, 15) is 9.90 Å². The van der Waals surface area contributed by atoms with Crippen LogP contribution in [0.25, 0.3) is 0 Å². The molecule has 1 aliphatic heterocycles. The molecule has 0 aromatic heterocycles. The van der Waals surface area contributed by atoms with E-state index in [1.165, 1.54) is 116 Å². The van der Waals surface area contributed by atoms with Crippen LogP contribution < -0.4 is 10.6 Å². The van der Waals surface area contributed by atoms with Gasteiger partial charge in [0.05, 0.1) is 12.3 Å². The highest BCUT2D eigenvalue weighted by atomic mass is 16.4. The first kappa shape index (κ1) is 38.4. The van der Waals surface area contributed by atoms with Crippen LogP contribution in [0.15, 0.2) is 0 Å². The summed E-state index contributed by atoms with van der Waals surface area (Å²) in [5.41, 5.74) is 0.787. The van der Waals surface area contributed by atoms with Gasteiger partial charge in [0.1, 0.15) is 12.8 Å². The standard InChI is InChI=1S/C35H66N4O3/c1-5-6-7-8-9-10-11-12-13-14-15-16-17-18-19-20-21-22-23-25-34(40)37-32(3)36-33(4)38-27-24-28-39(30-35(41)42)31(2)26-29-38/h32-34,36-37,40H,5-25,27-28,30H2,1-4H3/p+1. The molecule has 0 amide bonds. The van der Waals surface area contributed by atoms with Crippen molar-refractivity contribution in [1.82, 2.24) is 15.5 Å². The van der Waals surface area contributed by atoms with Gasteiger partial charge in [-0.1, -0.05) is 122 Å². The second-order valence-corrected chi connectivity index (χ2v) is 12.6. The van der Waals surface area contributed by atoms with Gasteiger partial charge in [0.15, 0.2) is 0 Å². The first-order valence-electron chi connectivity index (χ1n) is 17.6. The molecule has 0 aromatic rings. The van der Waals surface area contributed by atoms with Gasteiger partial charge in [-0.25, -0.2) is 9.37 Å². The highest BCUT2D eigenvalue weighted by Gasteiger charge is 2.20. The van der Waals surface area contributed by atoms with E-state index in [0.717, 1.165) is 31.5 Å². The molecule has 4 N–H and O–H groups in total. The monoisotopic (exact) mass is 592 g/mol. The molecule has 0 saturated carbocycles. The molecule has 0 fully saturated rings. The van der Waals surface area contributed by atoms with Crippen molar-refractivity contribution in [2.45, 2.75) is 181 Å². The second kappa shape index (κ2) is 25.8. The Balaban J connectivity index is 1.99. The van der Waals surface area contributed by atoms with Gasteiger partial charge in [0, 0.05) is 31.9 Å². The Labute approximate surface area is 259 Å². The second-order valence-electron chi connectivity index (χ2n) is 12.6. The third-order valence-electron chi connectivity index (χ3n) is 8.49. The molecule has 0 spiro atoms. The molecule has 3 unspecified atom stereocenters. The molecule has 1 heterocycles. The number of hydrogen-bond donors (Lipinski definition) is 4. The molecule has 7 heteroatoms. The zero-order chi connectivity index (χ0) is 30.8. The number of nitrogens with zero attached hydrogens (tertiary/aromatic N) is 2. The fourth-order valence-corrected chi connectivity index (χ4v) is 5.83. The molecule has 0 aromatic carbocycles. The van der Waals surface area contributed by atoms with E-state index >= 15 is 0 Å². The number of rotatable bonds is 27. The molecule has 0 bridgehead atoms. The topological polar surface area (TPSA) is 87.8 Å². The van der Waals surface area contributed by atoms with Gasteiger partial charge in [-0.2, -0.15) is 0 Å². The normalized spacial score (nSPS) is 16.0. The van der Waals surface area contributed by atoms with E-state index in [-0.39, 0.29) is 18.9 Å². The van der Waals surface area contributed by atoms with Crippen molar-refractivity contribution in [3.05, 3.63) is 0 Å². The van der Waals surface area contributed by atoms with Crippen molar-refractivity contribution < 1.29 is 19.6 Å². The number of aliphatic hydroxyl groups is 1. The molecule has 1 rings (SSSR count). The van der Waals surface area contributed by atoms with E-state index < -0.39 is 12.2 Å². The predicted molar refractivity (Wildman–Crippen MR) is 177 cm³/mol. The van der Waals surface area contributed by atoms with Crippen LogP contribution in [-0.2, 0) is 4.79 Å². The summed E-state index contributed by atoms with van der Waals surface area (Å²) in [6.07, 6.45) is 27.1. The maximum absolute atomic E-state index is 11.1. The van der Waals surface area contributed by atoms with Crippen LogP contribution in [0.1, 0.15) is 163 Å². The SMILES string of the molecule is CCCCCCCCCCCCCCCCCCCCCC(O)NC(C)NC(C)N1C#CC(C)=[N+](CC(=O)O)CCC1. The summed E-state index contributed by atoms with van der Waals surface area (Å²) in [4.78, 5) is 13.1. The van der Waals surface area contributed by atoms with Gasteiger partial charge in [0.2, 0.25) is 12.3 Å². The van der Waals surface area contributed by atoms with Gasteiger partial charge in [-0.15, -0.1) is 0 Å². The van der Waals surface area contributed by atoms with Crippen LogP contribution in [0.2, 0.25) is 0 Å². The molecule has 0 saturated heterocycles. The molecular weight excluding hydrogens is 524 g/mol. The van der Waals surface area contributed by atoms with Crippen molar-refractivity contribution in [1.29, 1.82) is 0 Å². The lowest BCUT2D eigenvalue weighted by atomic mass is 10.0. The predicted octanol–water partition coefficient (Wildman–Crippen LogP) is 7.22. The third kappa shape index (κ3) is 21.1. The lowest BCUT2D eigenvalue weighted by Gasteiger charge is -2.30. The summed E-state index contributed by atoms with van der Waals surface area (Å²) < 4.78 is 1.83. The van der Waals surface area contributed by atoms with Gasteiger partial charge >= 0.3 is 5.97 Å². The minimum atomic E-state index is -0.831. The van der Waals surface area contributed by atoms with Gasteiger partial charge in [0.25, 0.3) is 0 Å². The van der Waals surface area contributed by atoms with Gasteiger partial charge < -0.3 is 15.1 Å². The summed E-state index contributed by atoms with van der Waals surface area (Å²) in [5.74, 6) is 2.28. The van der Waals surface area contributed by atoms with Gasteiger partial charge in [-0.05, 0) is 26.7 Å². The van der Waals surface area contributed by atoms with Crippen molar-refractivity contribution in [2.24, 2.45) is 0 Å². The minimum absolute atomic E-state index is 0.00727. The van der Waals surface area contributed by atoms with E-state index in [0.29, 0.717) is 6.54 Å². The quantitative estimate of drug-likeness (QED) is 0.0349. The number of carboxylic acid groups (broad SMARTS) is 1. The Hall–Kier alpha value is -1.62. The van der Waals surface area contributed by atoms with Crippen LogP contribution >= 0.6 is 0 Å². The fourth-order valence-electron chi connectivity index (χ4n) is 5.83. The molecule has 42 heavy (non-hydrogen) atoms. The van der Waals surface area contributed by atoms with Crippen molar-refractivity contribution in [3.8, 4) is 12.0 Å². The Morgan fingerprint density at radius 3 is 1.79 bits per heavy atom. The van der Waals surface area contributed by atoms with E-state index in [1.807, 2.05) is 18.4 Å². The fraction of sp³-hybridized carbons (Fsp3) is 0.886. The Kier molecular flexibility index (Phi) is 23.6. The van der Waals surface area contributed by atoms with Crippen molar-refractivity contribution in [3.63, 3.8) is 0 Å². The average molecular weight is 592 g/mol.